The van der Waals surface area contributed by atoms with E-state index in [1.165, 1.54) is 0 Å². The summed E-state index contributed by atoms with van der Waals surface area (Å²) in [6.07, 6.45) is 0.831. The highest BCUT2D eigenvalue weighted by Gasteiger charge is 2.26. The molecule has 0 radical (unpaired) electrons. The van der Waals surface area contributed by atoms with Crippen LogP contribution in [0.15, 0.2) is 40.9 Å². The van der Waals surface area contributed by atoms with Gasteiger partial charge in [-0.25, -0.2) is 0 Å². The quantitative estimate of drug-likeness (QED) is 0.555. The second-order valence-electron chi connectivity index (χ2n) is 7.30. The van der Waals surface area contributed by atoms with Gasteiger partial charge in [0.2, 0.25) is 5.82 Å². The summed E-state index contributed by atoms with van der Waals surface area (Å²) in [7, 11) is 3.12. The van der Waals surface area contributed by atoms with Crippen molar-refractivity contribution in [3.8, 4) is 28.6 Å². The maximum Gasteiger partial charge on any atom is 0.316 e. The van der Waals surface area contributed by atoms with E-state index in [4.69, 9.17) is 18.7 Å². The molecule has 1 aromatic heterocycles. The van der Waals surface area contributed by atoms with Crippen molar-refractivity contribution in [1.29, 1.82) is 0 Å². The van der Waals surface area contributed by atoms with Gasteiger partial charge in [-0.2, -0.15) is 4.98 Å². The van der Waals surface area contributed by atoms with Gasteiger partial charge in [-0.3, -0.25) is 9.59 Å². The molecule has 4 rings (SSSR count). The van der Waals surface area contributed by atoms with Crippen LogP contribution in [-0.2, 0) is 11.3 Å². The third-order valence-electron chi connectivity index (χ3n) is 5.16. The molecule has 2 aromatic carbocycles. The van der Waals surface area contributed by atoms with Crippen LogP contribution < -0.4 is 24.4 Å². The standard InChI is InChI=1S/C23H24N4O6/c1-4-9-27-17-7-5-14(11-19(17)32-13-20(27)28)21-25-23(33-26-21)22(29)24-12-15-10-16(30-2)6-8-18(15)31-3/h5-8,10-11H,4,9,12-13H2,1-3H3,(H,24,29). The van der Waals surface area contributed by atoms with Crippen molar-refractivity contribution < 1.29 is 28.3 Å². The fourth-order valence-corrected chi connectivity index (χ4v) is 3.52. The second kappa shape index (κ2) is 9.60. The highest BCUT2D eigenvalue weighted by atomic mass is 16.5. The van der Waals surface area contributed by atoms with E-state index in [1.807, 2.05) is 6.92 Å². The number of nitrogens with one attached hydrogen (secondary N) is 1. The number of nitrogens with zero attached hydrogens (tertiary/aromatic N) is 3. The molecule has 0 fully saturated rings. The smallest absolute Gasteiger partial charge is 0.316 e. The van der Waals surface area contributed by atoms with Crippen LogP contribution in [0, 0.1) is 0 Å². The van der Waals surface area contributed by atoms with Gasteiger partial charge in [-0.1, -0.05) is 12.1 Å². The minimum Gasteiger partial charge on any atom is -0.497 e. The zero-order valence-corrected chi connectivity index (χ0v) is 18.6. The molecule has 2 heterocycles. The topological polar surface area (TPSA) is 116 Å². The minimum atomic E-state index is -0.521. The summed E-state index contributed by atoms with van der Waals surface area (Å²) in [5.74, 6) is 1.29. The number of aromatic nitrogens is 2. The SMILES string of the molecule is CCCN1C(=O)COc2cc(-c3noc(C(=O)NCc4cc(OC)ccc4OC)n3)ccc21. The maximum atomic E-state index is 12.6. The average molecular weight is 452 g/mol. The largest absolute Gasteiger partial charge is 0.497 e. The Morgan fingerprint density at radius 1 is 1.18 bits per heavy atom. The van der Waals surface area contributed by atoms with Crippen molar-refractivity contribution in [2.75, 3.05) is 32.3 Å². The van der Waals surface area contributed by atoms with Gasteiger partial charge in [0.25, 0.3) is 5.91 Å². The number of hydrogen-bond donors (Lipinski definition) is 1. The Kier molecular flexibility index (Phi) is 6.43. The number of hydrogen-bond acceptors (Lipinski definition) is 8. The normalized spacial score (nSPS) is 12.7. The Labute approximate surface area is 190 Å². The fourth-order valence-electron chi connectivity index (χ4n) is 3.52. The lowest BCUT2D eigenvalue weighted by atomic mass is 10.1. The number of carbonyl (C=O) groups excluding carboxylic acids is 2. The predicted molar refractivity (Wildman–Crippen MR) is 119 cm³/mol. The van der Waals surface area contributed by atoms with Gasteiger partial charge in [0.1, 0.15) is 17.2 Å². The zero-order valence-electron chi connectivity index (χ0n) is 18.6. The highest BCUT2D eigenvalue weighted by molar-refractivity contribution is 5.98. The molecule has 33 heavy (non-hydrogen) atoms. The van der Waals surface area contributed by atoms with Crippen LogP contribution in [0.2, 0.25) is 0 Å². The molecule has 1 N–H and O–H groups in total. The van der Waals surface area contributed by atoms with Gasteiger partial charge in [-0.15, -0.1) is 0 Å². The first-order valence-electron chi connectivity index (χ1n) is 10.4. The lowest BCUT2D eigenvalue weighted by molar-refractivity contribution is -0.121. The van der Waals surface area contributed by atoms with Gasteiger partial charge in [0.05, 0.1) is 19.9 Å². The lowest BCUT2D eigenvalue weighted by Gasteiger charge is -2.29. The maximum absolute atomic E-state index is 12.6. The molecule has 172 valence electrons. The van der Waals surface area contributed by atoms with Crippen molar-refractivity contribution in [1.82, 2.24) is 15.5 Å². The Morgan fingerprint density at radius 3 is 2.79 bits per heavy atom. The average Bonchev–Trinajstić information content (AvgIpc) is 3.34. The van der Waals surface area contributed by atoms with E-state index in [1.54, 1.807) is 55.5 Å². The molecular weight excluding hydrogens is 428 g/mol. The van der Waals surface area contributed by atoms with Crippen molar-refractivity contribution in [2.24, 2.45) is 0 Å². The molecule has 1 aliphatic heterocycles. The summed E-state index contributed by atoms with van der Waals surface area (Å²) in [5, 5.41) is 6.66. The molecule has 0 unspecified atom stereocenters. The van der Waals surface area contributed by atoms with E-state index in [0.717, 1.165) is 12.0 Å². The van der Waals surface area contributed by atoms with Crippen LogP contribution >= 0.6 is 0 Å². The molecule has 0 spiro atoms. The van der Waals surface area contributed by atoms with Crippen LogP contribution in [0.4, 0.5) is 5.69 Å². The number of carbonyl (C=O) groups is 2. The molecule has 0 atom stereocenters. The fraction of sp³-hybridized carbons (Fsp3) is 0.304. The molecule has 1 aliphatic rings. The summed E-state index contributed by atoms with van der Waals surface area (Å²) >= 11 is 0. The summed E-state index contributed by atoms with van der Waals surface area (Å²) < 4.78 is 21.3. The minimum absolute atomic E-state index is 0.0237. The molecule has 2 amide bonds. The Bertz CT molecular complexity index is 1180. The molecule has 10 nitrogen and oxygen atoms in total. The lowest BCUT2D eigenvalue weighted by Crippen LogP contribution is -2.39. The molecular formula is C23H24N4O6. The van der Waals surface area contributed by atoms with Gasteiger partial charge < -0.3 is 29.0 Å². The van der Waals surface area contributed by atoms with E-state index in [-0.39, 0.29) is 30.8 Å². The third-order valence-corrected chi connectivity index (χ3v) is 5.16. The number of ether oxygens (including phenoxy) is 3. The number of benzene rings is 2. The molecule has 0 saturated heterocycles. The van der Waals surface area contributed by atoms with Crippen LogP contribution in [0.5, 0.6) is 17.2 Å². The first kappa shape index (κ1) is 22.1. The van der Waals surface area contributed by atoms with E-state index in [9.17, 15) is 9.59 Å². The van der Waals surface area contributed by atoms with Crippen molar-refractivity contribution in [3.05, 3.63) is 47.9 Å². The van der Waals surface area contributed by atoms with Gasteiger partial charge >= 0.3 is 11.8 Å². The van der Waals surface area contributed by atoms with Gasteiger partial charge in [-0.05, 0) is 42.8 Å². The number of amides is 2. The molecule has 0 saturated carbocycles. The Hall–Kier alpha value is -4.08. The zero-order chi connectivity index (χ0) is 23.4. The number of rotatable bonds is 8. The summed E-state index contributed by atoms with van der Waals surface area (Å²) in [6.45, 7) is 2.78. The van der Waals surface area contributed by atoms with Gasteiger partial charge in [0, 0.05) is 24.2 Å². The monoisotopic (exact) mass is 452 g/mol. The van der Waals surface area contributed by atoms with E-state index >= 15 is 0 Å². The van der Waals surface area contributed by atoms with Crippen molar-refractivity contribution in [3.63, 3.8) is 0 Å². The third kappa shape index (κ3) is 4.59. The van der Waals surface area contributed by atoms with Crippen LogP contribution in [0.25, 0.3) is 11.4 Å². The van der Waals surface area contributed by atoms with Crippen LogP contribution in [0.3, 0.4) is 0 Å². The summed E-state index contributed by atoms with van der Waals surface area (Å²) in [6, 6.07) is 10.6. The van der Waals surface area contributed by atoms with E-state index in [2.05, 4.69) is 15.5 Å². The molecule has 3 aromatic rings. The molecule has 0 aliphatic carbocycles. The molecule has 0 bridgehead atoms. The second-order valence-corrected chi connectivity index (χ2v) is 7.30. The van der Waals surface area contributed by atoms with E-state index < -0.39 is 5.91 Å². The number of fused-ring (bicyclic) bond motifs is 1. The van der Waals surface area contributed by atoms with Gasteiger partial charge in [0.15, 0.2) is 6.61 Å². The Balaban J connectivity index is 1.48. The molecule has 10 heteroatoms. The number of anilines is 1. The van der Waals surface area contributed by atoms with Crippen molar-refractivity contribution in [2.45, 2.75) is 19.9 Å². The summed E-state index contributed by atoms with van der Waals surface area (Å²) in [4.78, 5) is 30.6. The highest BCUT2D eigenvalue weighted by Crippen LogP contribution is 2.35. The van der Waals surface area contributed by atoms with Crippen LogP contribution in [-0.4, -0.2) is 49.3 Å². The van der Waals surface area contributed by atoms with Crippen molar-refractivity contribution >= 4 is 17.5 Å². The predicted octanol–water partition coefficient (Wildman–Crippen LogP) is 2.82. The first-order chi connectivity index (χ1) is 16.0. The van der Waals surface area contributed by atoms with E-state index in [0.29, 0.717) is 35.0 Å². The Morgan fingerprint density at radius 2 is 2.03 bits per heavy atom. The first-order valence-corrected chi connectivity index (χ1v) is 10.4. The van der Waals surface area contributed by atoms with Crippen LogP contribution in [0.1, 0.15) is 29.6 Å². The summed E-state index contributed by atoms with van der Waals surface area (Å²) in [5.41, 5.74) is 2.05. The number of methoxy groups -OCH3 is 2.